The van der Waals surface area contributed by atoms with E-state index >= 15 is 0 Å². The zero-order valence-corrected chi connectivity index (χ0v) is 10.6. The second-order valence-electron chi connectivity index (χ2n) is 4.77. The van der Waals surface area contributed by atoms with Crippen LogP contribution < -0.4 is 5.32 Å². The molecule has 19 heavy (non-hydrogen) atoms. The van der Waals surface area contributed by atoms with E-state index < -0.39 is 0 Å². The molecular formula is C16H16FNO. The lowest BCUT2D eigenvalue weighted by atomic mass is 10.1. The van der Waals surface area contributed by atoms with Gasteiger partial charge in [0, 0.05) is 12.6 Å². The summed E-state index contributed by atoms with van der Waals surface area (Å²) in [6.45, 7) is 0.848. The van der Waals surface area contributed by atoms with Gasteiger partial charge in [0.1, 0.15) is 17.3 Å². The SMILES string of the molecule is Fc1ccccc1-c1ccc(C=CCNC2CC2)o1. The predicted octanol–water partition coefficient (Wildman–Crippen LogP) is 3.85. The minimum Gasteiger partial charge on any atom is -0.457 e. The molecule has 1 aromatic carbocycles. The Hall–Kier alpha value is -1.87. The third kappa shape index (κ3) is 3.12. The molecule has 1 saturated carbocycles. The van der Waals surface area contributed by atoms with Crippen LogP contribution in [0.3, 0.4) is 0 Å². The first-order valence-corrected chi connectivity index (χ1v) is 6.57. The van der Waals surface area contributed by atoms with Gasteiger partial charge in [0.2, 0.25) is 0 Å². The molecule has 1 heterocycles. The standard InChI is InChI=1S/C16H16FNO/c17-15-6-2-1-5-14(15)16-10-9-13(19-16)4-3-11-18-12-7-8-12/h1-6,9-10,12,18H,7-8,11H2. The average molecular weight is 257 g/mol. The first kappa shape index (κ1) is 12.2. The van der Waals surface area contributed by atoms with Crippen molar-refractivity contribution in [1.82, 2.24) is 5.32 Å². The molecule has 1 fully saturated rings. The van der Waals surface area contributed by atoms with Crippen LogP contribution in [0.5, 0.6) is 0 Å². The maximum Gasteiger partial charge on any atom is 0.137 e. The number of benzene rings is 1. The van der Waals surface area contributed by atoms with E-state index in [0.717, 1.165) is 12.3 Å². The number of nitrogens with one attached hydrogen (secondary N) is 1. The van der Waals surface area contributed by atoms with Crippen molar-refractivity contribution in [3.63, 3.8) is 0 Å². The molecule has 0 amide bonds. The summed E-state index contributed by atoms with van der Waals surface area (Å²) in [5.41, 5.74) is 0.498. The van der Waals surface area contributed by atoms with Crippen LogP contribution in [0.25, 0.3) is 17.4 Å². The van der Waals surface area contributed by atoms with E-state index in [1.54, 1.807) is 24.3 Å². The summed E-state index contributed by atoms with van der Waals surface area (Å²) < 4.78 is 19.2. The Labute approximate surface area is 111 Å². The summed E-state index contributed by atoms with van der Waals surface area (Å²) in [6, 6.07) is 11.0. The smallest absolute Gasteiger partial charge is 0.137 e. The third-order valence-corrected chi connectivity index (χ3v) is 3.15. The lowest BCUT2D eigenvalue weighted by molar-refractivity contribution is 0.560. The Bertz CT molecular complexity index is 584. The van der Waals surface area contributed by atoms with Crippen LogP contribution in [0.4, 0.5) is 4.39 Å². The Morgan fingerprint density at radius 2 is 2.05 bits per heavy atom. The van der Waals surface area contributed by atoms with Crippen LogP contribution in [0, 0.1) is 5.82 Å². The van der Waals surface area contributed by atoms with Gasteiger partial charge in [0.25, 0.3) is 0 Å². The normalized spacial score (nSPS) is 15.2. The van der Waals surface area contributed by atoms with Gasteiger partial charge in [-0.2, -0.15) is 0 Å². The number of furan rings is 1. The van der Waals surface area contributed by atoms with E-state index in [-0.39, 0.29) is 5.82 Å². The topological polar surface area (TPSA) is 25.2 Å². The van der Waals surface area contributed by atoms with Gasteiger partial charge < -0.3 is 9.73 Å². The largest absolute Gasteiger partial charge is 0.457 e. The molecule has 0 spiro atoms. The molecule has 1 aliphatic carbocycles. The monoisotopic (exact) mass is 257 g/mol. The fourth-order valence-corrected chi connectivity index (χ4v) is 1.95. The van der Waals surface area contributed by atoms with Gasteiger partial charge >= 0.3 is 0 Å². The van der Waals surface area contributed by atoms with E-state index in [1.807, 2.05) is 18.2 Å². The van der Waals surface area contributed by atoms with Crippen molar-refractivity contribution in [3.8, 4) is 11.3 Å². The van der Waals surface area contributed by atoms with Crippen LogP contribution in [0.2, 0.25) is 0 Å². The van der Waals surface area contributed by atoms with Crippen LogP contribution in [-0.4, -0.2) is 12.6 Å². The van der Waals surface area contributed by atoms with Crippen molar-refractivity contribution < 1.29 is 8.81 Å². The molecule has 1 aliphatic rings. The zero-order valence-electron chi connectivity index (χ0n) is 10.6. The molecule has 1 aromatic heterocycles. The van der Waals surface area contributed by atoms with E-state index in [4.69, 9.17) is 4.42 Å². The first-order valence-electron chi connectivity index (χ1n) is 6.57. The van der Waals surface area contributed by atoms with Crippen LogP contribution in [0.1, 0.15) is 18.6 Å². The highest BCUT2D eigenvalue weighted by molar-refractivity contribution is 5.60. The molecule has 0 saturated heterocycles. The highest BCUT2D eigenvalue weighted by atomic mass is 19.1. The minimum atomic E-state index is -0.261. The highest BCUT2D eigenvalue weighted by Crippen LogP contribution is 2.25. The Morgan fingerprint density at radius 1 is 1.21 bits per heavy atom. The lowest BCUT2D eigenvalue weighted by Gasteiger charge is -1.98. The molecule has 2 nitrogen and oxygen atoms in total. The van der Waals surface area contributed by atoms with E-state index in [2.05, 4.69) is 5.32 Å². The second-order valence-corrected chi connectivity index (χ2v) is 4.77. The predicted molar refractivity (Wildman–Crippen MR) is 74.2 cm³/mol. The summed E-state index contributed by atoms with van der Waals surface area (Å²) in [7, 11) is 0. The van der Waals surface area contributed by atoms with E-state index in [0.29, 0.717) is 17.4 Å². The number of hydrogen-bond donors (Lipinski definition) is 1. The van der Waals surface area contributed by atoms with Crippen molar-refractivity contribution in [2.24, 2.45) is 0 Å². The summed E-state index contributed by atoms with van der Waals surface area (Å²) in [4.78, 5) is 0. The third-order valence-electron chi connectivity index (χ3n) is 3.15. The molecule has 3 heteroatoms. The first-order chi connectivity index (χ1) is 9.33. The van der Waals surface area contributed by atoms with Gasteiger partial charge in [-0.05, 0) is 43.2 Å². The van der Waals surface area contributed by atoms with Crippen molar-refractivity contribution in [2.75, 3.05) is 6.54 Å². The average Bonchev–Trinajstić information content (AvgIpc) is 3.13. The van der Waals surface area contributed by atoms with Gasteiger partial charge in [-0.25, -0.2) is 4.39 Å². The molecule has 0 unspecified atom stereocenters. The molecule has 0 atom stereocenters. The molecule has 98 valence electrons. The number of rotatable bonds is 5. The van der Waals surface area contributed by atoms with Crippen molar-refractivity contribution in [3.05, 3.63) is 54.1 Å². The molecule has 0 bridgehead atoms. The van der Waals surface area contributed by atoms with E-state index in [9.17, 15) is 4.39 Å². The van der Waals surface area contributed by atoms with Crippen LogP contribution in [-0.2, 0) is 0 Å². The Balaban J connectivity index is 1.67. The quantitative estimate of drug-likeness (QED) is 0.880. The maximum atomic E-state index is 13.6. The summed E-state index contributed by atoms with van der Waals surface area (Å²) in [5.74, 6) is 1.05. The van der Waals surface area contributed by atoms with Crippen molar-refractivity contribution >= 4 is 6.08 Å². The van der Waals surface area contributed by atoms with Crippen LogP contribution in [0.15, 0.2) is 46.9 Å². The molecule has 2 aromatic rings. The number of halogens is 1. The lowest BCUT2D eigenvalue weighted by Crippen LogP contribution is -2.15. The van der Waals surface area contributed by atoms with Gasteiger partial charge in [0.05, 0.1) is 5.56 Å². The zero-order chi connectivity index (χ0) is 13.1. The Morgan fingerprint density at radius 3 is 2.84 bits per heavy atom. The molecule has 3 rings (SSSR count). The van der Waals surface area contributed by atoms with E-state index in [1.165, 1.54) is 18.9 Å². The highest BCUT2D eigenvalue weighted by Gasteiger charge is 2.18. The van der Waals surface area contributed by atoms with Gasteiger partial charge in [-0.1, -0.05) is 18.2 Å². The number of hydrogen-bond acceptors (Lipinski definition) is 2. The second kappa shape index (κ2) is 5.41. The fraction of sp³-hybridized carbons (Fsp3) is 0.250. The maximum absolute atomic E-state index is 13.6. The van der Waals surface area contributed by atoms with Crippen molar-refractivity contribution in [1.29, 1.82) is 0 Å². The fourth-order valence-electron chi connectivity index (χ4n) is 1.95. The Kier molecular flexibility index (Phi) is 3.47. The van der Waals surface area contributed by atoms with Crippen LogP contribution >= 0.6 is 0 Å². The molecule has 0 aliphatic heterocycles. The minimum absolute atomic E-state index is 0.261. The van der Waals surface area contributed by atoms with Crippen molar-refractivity contribution in [2.45, 2.75) is 18.9 Å². The molecule has 1 N–H and O–H groups in total. The summed E-state index contributed by atoms with van der Waals surface area (Å²) >= 11 is 0. The van der Waals surface area contributed by atoms with Gasteiger partial charge in [-0.3, -0.25) is 0 Å². The summed E-state index contributed by atoms with van der Waals surface area (Å²) in [5, 5.41) is 3.39. The summed E-state index contributed by atoms with van der Waals surface area (Å²) in [6.07, 6.45) is 6.51. The molecular weight excluding hydrogens is 241 g/mol. The molecule has 0 radical (unpaired) electrons. The van der Waals surface area contributed by atoms with Gasteiger partial charge in [-0.15, -0.1) is 0 Å². The van der Waals surface area contributed by atoms with Gasteiger partial charge in [0.15, 0.2) is 0 Å².